The molecular weight excluding hydrogens is 404 g/mol. The van der Waals surface area contributed by atoms with Crippen LogP contribution in [0.5, 0.6) is 0 Å². The van der Waals surface area contributed by atoms with Crippen LogP contribution in [0.3, 0.4) is 0 Å². The van der Waals surface area contributed by atoms with Gasteiger partial charge in [0.15, 0.2) is 0 Å². The smallest absolute Gasteiger partial charge is 0.105 e. The largest absolute Gasteiger partial charge is 0.328 e. The van der Waals surface area contributed by atoms with Gasteiger partial charge >= 0.3 is 0 Å². The number of hydrogen-bond donors (Lipinski definition) is 1. The number of aryl methyl sites for hydroxylation is 1. The van der Waals surface area contributed by atoms with Gasteiger partial charge in [0.25, 0.3) is 0 Å². The SMILES string of the molecule is Cc1cc(-n2nnc(CN3CCC(N)CC3)c2-c2ccncc2)ccc1Br. The van der Waals surface area contributed by atoms with Crippen LogP contribution < -0.4 is 5.73 Å². The average Bonchev–Trinajstić information content (AvgIpc) is 3.10. The lowest BCUT2D eigenvalue weighted by molar-refractivity contribution is 0.204. The summed E-state index contributed by atoms with van der Waals surface area (Å²) in [6, 6.07) is 10.6. The van der Waals surface area contributed by atoms with Crippen LogP contribution in [0.4, 0.5) is 0 Å². The minimum atomic E-state index is 0.322. The zero-order chi connectivity index (χ0) is 18.8. The molecule has 3 heterocycles. The molecule has 0 atom stereocenters. The van der Waals surface area contributed by atoms with E-state index in [9.17, 15) is 0 Å². The van der Waals surface area contributed by atoms with Crippen LogP contribution in [0.2, 0.25) is 0 Å². The number of likely N-dealkylation sites (tertiary alicyclic amines) is 1. The van der Waals surface area contributed by atoms with Crippen molar-refractivity contribution in [3.63, 3.8) is 0 Å². The number of nitrogens with zero attached hydrogens (tertiary/aromatic N) is 5. The predicted molar refractivity (Wildman–Crippen MR) is 110 cm³/mol. The Hall–Kier alpha value is -2.09. The third kappa shape index (κ3) is 3.95. The van der Waals surface area contributed by atoms with Crippen molar-refractivity contribution in [3.05, 3.63) is 58.5 Å². The van der Waals surface area contributed by atoms with Crippen molar-refractivity contribution in [2.45, 2.75) is 32.4 Å². The highest BCUT2D eigenvalue weighted by molar-refractivity contribution is 9.10. The summed E-state index contributed by atoms with van der Waals surface area (Å²) in [6.45, 7) is 4.86. The summed E-state index contributed by atoms with van der Waals surface area (Å²) in [7, 11) is 0. The lowest BCUT2D eigenvalue weighted by Crippen LogP contribution is -2.39. The Balaban J connectivity index is 1.73. The van der Waals surface area contributed by atoms with Crippen LogP contribution in [0.15, 0.2) is 47.2 Å². The van der Waals surface area contributed by atoms with E-state index in [2.05, 4.69) is 55.2 Å². The molecule has 0 aliphatic carbocycles. The van der Waals surface area contributed by atoms with Crippen molar-refractivity contribution in [1.82, 2.24) is 24.9 Å². The van der Waals surface area contributed by atoms with E-state index in [1.165, 1.54) is 0 Å². The van der Waals surface area contributed by atoms with Crippen molar-refractivity contribution >= 4 is 15.9 Å². The lowest BCUT2D eigenvalue weighted by atomic mass is 10.1. The topological polar surface area (TPSA) is 72.9 Å². The number of aromatic nitrogens is 4. The highest BCUT2D eigenvalue weighted by Crippen LogP contribution is 2.28. The first kappa shape index (κ1) is 18.3. The fourth-order valence-corrected chi connectivity index (χ4v) is 3.73. The van der Waals surface area contributed by atoms with E-state index in [1.807, 2.05) is 35.3 Å². The Morgan fingerprint density at radius 2 is 1.89 bits per heavy atom. The molecular formula is C20H23BrN6. The van der Waals surface area contributed by atoms with Gasteiger partial charge in [-0.25, -0.2) is 4.68 Å². The Bertz CT molecular complexity index is 915. The third-order valence-corrected chi connectivity index (χ3v) is 5.98. The van der Waals surface area contributed by atoms with Crippen LogP contribution in [0.1, 0.15) is 24.1 Å². The van der Waals surface area contributed by atoms with Gasteiger partial charge in [-0.15, -0.1) is 5.10 Å². The van der Waals surface area contributed by atoms with Crippen molar-refractivity contribution in [2.24, 2.45) is 5.73 Å². The van der Waals surface area contributed by atoms with Gasteiger partial charge in [-0.3, -0.25) is 9.88 Å². The first-order chi connectivity index (χ1) is 13.1. The minimum Gasteiger partial charge on any atom is -0.328 e. The second kappa shape index (κ2) is 7.88. The lowest BCUT2D eigenvalue weighted by Gasteiger charge is -2.29. The molecule has 0 bridgehead atoms. The summed E-state index contributed by atoms with van der Waals surface area (Å²) < 4.78 is 3.02. The average molecular weight is 427 g/mol. The molecule has 27 heavy (non-hydrogen) atoms. The Kier molecular flexibility index (Phi) is 5.33. The van der Waals surface area contributed by atoms with Gasteiger partial charge in [0.1, 0.15) is 5.69 Å². The number of hydrogen-bond acceptors (Lipinski definition) is 5. The number of halogens is 1. The monoisotopic (exact) mass is 426 g/mol. The van der Waals surface area contributed by atoms with Gasteiger partial charge in [0.05, 0.1) is 11.4 Å². The minimum absolute atomic E-state index is 0.322. The Morgan fingerprint density at radius 1 is 1.15 bits per heavy atom. The first-order valence-corrected chi connectivity index (χ1v) is 10.0. The standard InChI is InChI=1S/C20H23BrN6/c1-14-12-17(2-3-18(14)21)27-20(15-4-8-23-9-5-15)19(24-25-27)13-26-10-6-16(22)7-11-26/h2-5,8-9,12,16H,6-7,10-11,13,22H2,1H3. The van der Waals surface area contributed by atoms with Gasteiger partial charge in [-0.2, -0.15) is 0 Å². The maximum absolute atomic E-state index is 6.05. The number of piperidine rings is 1. The zero-order valence-corrected chi connectivity index (χ0v) is 16.9. The predicted octanol–water partition coefficient (Wildman–Crippen LogP) is 3.32. The highest BCUT2D eigenvalue weighted by atomic mass is 79.9. The van der Waals surface area contributed by atoms with E-state index < -0.39 is 0 Å². The van der Waals surface area contributed by atoms with Gasteiger partial charge in [-0.05, 0) is 55.7 Å². The van der Waals surface area contributed by atoms with Crippen LogP contribution >= 0.6 is 15.9 Å². The molecule has 0 spiro atoms. The Labute approximate surface area is 167 Å². The highest BCUT2D eigenvalue weighted by Gasteiger charge is 2.22. The summed E-state index contributed by atoms with van der Waals surface area (Å²) >= 11 is 3.57. The first-order valence-electron chi connectivity index (χ1n) is 9.21. The molecule has 1 saturated heterocycles. The van der Waals surface area contributed by atoms with Gasteiger partial charge in [-0.1, -0.05) is 21.1 Å². The molecule has 3 aromatic rings. The molecule has 6 nitrogen and oxygen atoms in total. The van der Waals surface area contributed by atoms with E-state index in [0.29, 0.717) is 6.04 Å². The zero-order valence-electron chi connectivity index (χ0n) is 15.3. The van der Waals surface area contributed by atoms with Gasteiger partial charge in [0, 0.05) is 48.1 Å². The van der Waals surface area contributed by atoms with Crippen LogP contribution in [-0.4, -0.2) is 44.0 Å². The molecule has 1 aliphatic rings. The van der Waals surface area contributed by atoms with E-state index in [1.54, 1.807) is 0 Å². The molecule has 140 valence electrons. The molecule has 0 saturated carbocycles. The van der Waals surface area contributed by atoms with Crippen molar-refractivity contribution in [3.8, 4) is 16.9 Å². The maximum Gasteiger partial charge on any atom is 0.105 e. The number of benzene rings is 1. The normalized spacial score (nSPS) is 16.0. The molecule has 0 unspecified atom stereocenters. The van der Waals surface area contributed by atoms with Crippen molar-refractivity contribution in [1.29, 1.82) is 0 Å². The fraction of sp³-hybridized carbons (Fsp3) is 0.350. The summed E-state index contributed by atoms with van der Waals surface area (Å²) in [6.07, 6.45) is 5.68. The summed E-state index contributed by atoms with van der Waals surface area (Å²) in [4.78, 5) is 6.57. The molecule has 1 aromatic carbocycles. The summed E-state index contributed by atoms with van der Waals surface area (Å²) in [5.74, 6) is 0. The van der Waals surface area contributed by atoms with Gasteiger partial charge < -0.3 is 5.73 Å². The molecule has 1 fully saturated rings. The molecule has 2 N–H and O–H groups in total. The quantitative estimate of drug-likeness (QED) is 0.692. The molecule has 0 amide bonds. The Morgan fingerprint density at radius 3 is 2.59 bits per heavy atom. The maximum atomic E-state index is 6.05. The molecule has 4 rings (SSSR count). The molecule has 1 aliphatic heterocycles. The van der Waals surface area contributed by atoms with Crippen LogP contribution in [0.25, 0.3) is 16.9 Å². The van der Waals surface area contributed by atoms with E-state index in [0.717, 1.165) is 65.2 Å². The van der Waals surface area contributed by atoms with Gasteiger partial charge in [0.2, 0.25) is 0 Å². The second-order valence-electron chi connectivity index (χ2n) is 7.08. The number of nitrogens with two attached hydrogens (primary N) is 1. The molecule has 7 heteroatoms. The fourth-order valence-electron chi connectivity index (χ4n) is 3.48. The second-order valence-corrected chi connectivity index (χ2v) is 7.93. The molecule has 2 aromatic heterocycles. The van der Waals surface area contributed by atoms with Crippen molar-refractivity contribution < 1.29 is 0 Å². The van der Waals surface area contributed by atoms with E-state index in [4.69, 9.17) is 5.73 Å². The third-order valence-electron chi connectivity index (χ3n) is 5.09. The van der Waals surface area contributed by atoms with Crippen LogP contribution in [-0.2, 0) is 6.54 Å². The summed E-state index contributed by atoms with van der Waals surface area (Å²) in [5, 5.41) is 9.04. The summed E-state index contributed by atoms with van der Waals surface area (Å²) in [5.41, 5.74) is 11.3. The van der Waals surface area contributed by atoms with Crippen molar-refractivity contribution in [2.75, 3.05) is 13.1 Å². The molecule has 0 radical (unpaired) electrons. The van der Waals surface area contributed by atoms with E-state index >= 15 is 0 Å². The number of pyridine rings is 1. The number of rotatable bonds is 4. The van der Waals surface area contributed by atoms with Crippen LogP contribution in [0, 0.1) is 6.92 Å². The van der Waals surface area contributed by atoms with E-state index in [-0.39, 0.29) is 0 Å².